The van der Waals surface area contributed by atoms with E-state index in [2.05, 4.69) is 27.4 Å². The maximum Gasteiger partial charge on any atom is 0.223 e. The van der Waals surface area contributed by atoms with Crippen LogP contribution in [-0.2, 0) is 0 Å². The summed E-state index contributed by atoms with van der Waals surface area (Å²) >= 11 is 5.79. The fraction of sp³-hybridized carbons (Fsp3) is 0.500. The van der Waals surface area contributed by atoms with Crippen molar-refractivity contribution >= 4 is 11.6 Å². The number of halogens is 2. The van der Waals surface area contributed by atoms with Crippen LogP contribution in [0.2, 0.25) is 5.02 Å². The van der Waals surface area contributed by atoms with E-state index in [0.717, 1.165) is 31.5 Å². The summed E-state index contributed by atoms with van der Waals surface area (Å²) in [6.45, 7) is 3.81. The first-order valence-corrected chi connectivity index (χ1v) is 8.10. The van der Waals surface area contributed by atoms with Crippen molar-refractivity contribution in [3.8, 4) is 0 Å². The molecule has 0 radical (unpaired) electrons. The van der Waals surface area contributed by atoms with E-state index in [0.29, 0.717) is 17.8 Å². The molecule has 5 nitrogen and oxygen atoms in total. The van der Waals surface area contributed by atoms with E-state index in [1.54, 1.807) is 19.1 Å². The number of nitrogens with one attached hydrogen (secondary N) is 1. The van der Waals surface area contributed by atoms with Gasteiger partial charge in [0.1, 0.15) is 5.82 Å². The lowest BCUT2D eigenvalue weighted by molar-refractivity contribution is 0.227. The van der Waals surface area contributed by atoms with Crippen molar-refractivity contribution < 1.29 is 8.91 Å². The molecule has 0 unspecified atom stereocenters. The highest BCUT2D eigenvalue weighted by Gasteiger charge is 2.26. The van der Waals surface area contributed by atoms with E-state index in [1.807, 2.05) is 0 Å². The molecule has 1 aromatic carbocycles. The van der Waals surface area contributed by atoms with E-state index in [-0.39, 0.29) is 11.1 Å². The average molecular weight is 339 g/mol. The molecule has 1 atom stereocenters. The van der Waals surface area contributed by atoms with Crippen molar-refractivity contribution in [1.29, 1.82) is 0 Å². The molecule has 7 heteroatoms. The summed E-state index contributed by atoms with van der Waals surface area (Å²) in [5.41, 5.74) is 0.742. The summed E-state index contributed by atoms with van der Waals surface area (Å²) in [6, 6.07) is 4.80. The summed E-state index contributed by atoms with van der Waals surface area (Å²) < 4.78 is 19.0. The Hall–Kier alpha value is -1.50. The van der Waals surface area contributed by atoms with Gasteiger partial charge >= 0.3 is 0 Å². The van der Waals surface area contributed by atoms with Gasteiger partial charge in [-0.15, -0.1) is 0 Å². The van der Waals surface area contributed by atoms with Gasteiger partial charge < -0.3 is 14.7 Å². The van der Waals surface area contributed by atoms with Crippen LogP contribution in [-0.4, -0.2) is 41.2 Å². The molecule has 124 valence electrons. The van der Waals surface area contributed by atoms with Gasteiger partial charge in [0.15, 0.2) is 5.82 Å². The quantitative estimate of drug-likeness (QED) is 0.929. The largest absolute Gasteiger partial charge is 0.340 e. The lowest BCUT2D eigenvalue weighted by Crippen LogP contribution is -2.42. The van der Waals surface area contributed by atoms with Crippen LogP contribution in [0.15, 0.2) is 22.7 Å². The molecule has 0 saturated carbocycles. The summed E-state index contributed by atoms with van der Waals surface area (Å²) in [5.74, 6) is 0.562. The Kier molecular flexibility index (Phi) is 4.94. The predicted octanol–water partition coefficient (Wildman–Crippen LogP) is 2.94. The zero-order valence-corrected chi connectivity index (χ0v) is 14.0. The number of aryl methyl sites for hydroxylation is 1. The van der Waals surface area contributed by atoms with Gasteiger partial charge in [-0.25, -0.2) is 4.39 Å². The van der Waals surface area contributed by atoms with Crippen LogP contribution in [0.5, 0.6) is 0 Å². The number of aromatic nitrogens is 2. The first kappa shape index (κ1) is 16.4. The first-order chi connectivity index (χ1) is 11.0. The lowest BCUT2D eigenvalue weighted by atomic mass is 10.0. The Morgan fingerprint density at radius 3 is 2.74 bits per heavy atom. The monoisotopic (exact) mass is 338 g/mol. The smallest absolute Gasteiger partial charge is 0.223 e. The number of piperidine rings is 1. The third-order valence-corrected chi connectivity index (χ3v) is 4.51. The minimum Gasteiger partial charge on any atom is -0.340 e. The van der Waals surface area contributed by atoms with Gasteiger partial charge in [0.05, 0.1) is 11.1 Å². The SMILES string of the molecule is Cc1nc([C@@H](NC2CCN(C)CC2)c2ccc(Cl)c(F)c2)no1. The second-order valence-electron chi connectivity index (χ2n) is 6.02. The average Bonchev–Trinajstić information content (AvgIpc) is 2.96. The molecule has 2 aromatic rings. The van der Waals surface area contributed by atoms with Crippen LogP contribution in [0.25, 0.3) is 0 Å². The van der Waals surface area contributed by atoms with Crippen molar-refractivity contribution in [1.82, 2.24) is 20.4 Å². The van der Waals surface area contributed by atoms with Crippen molar-refractivity contribution in [2.75, 3.05) is 20.1 Å². The Morgan fingerprint density at radius 2 is 2.13 bits per heavy atom. The van der Waals surface area contributed by atoms with Crippen LogP contribution in [0.4, 0.5) is 4.39 Å². The van der Waals surface area contributed by atoms with Crippen molar-refractivity contribution in [2.24, 2.45) is 0 Å². The molecule has 1 saturated heterocycles. The van der Waals surface area contributed by atoms with Crippen LogP contribution in [0.3, 0.4) is 0 Å². The molecule has 0 amide bonds. The fourth-order valence-corrected chi connectivity index (χ4v) is 2.97. The van der Waals surface area contributed by atoms with Gasteiger partial charge in [-0.05, 0) is 50.7 Å². The Balaban J connectivity index is 1.86. The second-order valence-corrected chi connectivity index (χ2v) is 6.43. The summed E-state index contributed by atoms with van der Waals surface area (Å²) in [4.78, 5) is 6.61. The summed E-state index contributed by atoms with van der Waals surface area (Å²) in [5, 5.41) is 7.67. The van der Waals surface area contributed by atoms with Gasteiger partial charge in [-0.3, -0.25) is 0 Å². The highest BCUT2D eigenvalue weighted by Crippen LogP contribution is 2.26. The number of likely N-dealkylation sites (tertiary alicyclic amines) is 1. The minimum atomic E-state index is -0.445. The molecule has 0 aliphatic carbocycles. The van der Waals surface area contributed by atoms with Crippen molar-refractivity contribution in [3.05, 3.63) is 46.3 Å². The lowest BCUT2D eigenvalue weighted by Gasteiger charge is -2.32. The van der Waals surface area contributed by atoms with Crippen LogP contribution < -0.4 is 5.32 Å². The predicted molar refractivity (Wildman–Crippen MR) is 85.9 cm³/mol. The van der Waals surface area contributed by atoms with E-state index < -0.39 is 5.82 Å². The molecule has 1 fully saturated rings. The number of nitrogens with zero attached hydrogens (tertiary/aromatic N) is 3. The van der Waals surface area contributed by atoms with E-state index in [9.17, 15) is 4.39 Å². The van der Waals surface area contributed by atoms with Crippen LogP contribution in [0, 0.1) is 12.7 Å². The topological polar surface area (TPSA) is 54.2 Å². The summed E-state index contributed by atoms with van der Waals surface area (Å²) in [6.07, 6.45) is 2.06. The molecule has 1 aromatic heterocycles. The van der Waals surface area contributed by atoms with Gasteiger partial charge in [0.25, 0.3) is 0 Å². The highest BCUT2D eigenvalue weighted by molar-refractivity contribution is 6.30. The third-order valence-electron chi connectivity index (χ3n) is 4.20. The molecule has 23 heavy (non-hydrogen) atoms. The van der Waals surface area contributed by atoms with E-state index in [1.165, 1.54) is 6.07 Å². The number of hydrogen-bond acceptors (Lipinski definition) is 5. The van der Waals surface area contributed by atoms with Crippen molar-refractivity contribution in [2.45, 2.75) is 31.8 Å². The van der Waals surface area contributed by atoms with Gasteiger partial charge in [0, 0.05) is 13.0 Å². The fourth-order valence-electron chi connectivity index (χ4n) is 2.85. The van der Waals surface area contributed by atoms with Crippen LogP contribution in [0.1, 0.15) is 36.2 Å². The van der Waals surface area contributed by atoms with Gasteiger partial charge in [-0.2, -0.15) is 4.98 Å². The molecule has 0 spiro atoms. The molecular formula is C16H20ClFN4O. The van der Waals surface area contributed by atoms with E-state index in [4.69, 9.17) is 16.1 Å². The molecule has 1 aliphatic rings. The molecule has 3 rings (SSSR count). The zero-order chi connectivity index (χ0) is 16.4. The standard InChI is InChI=1S/C16H20ClFN4O/c1-10-19-16(21-23-10)15(11-3-4-13(17)14(18)9-11)20-12-5-7-22(2)8-6-12/h3-4,9,12,15,20H,5-8H2,1-2H3/t15-/m0/s1. The first-order valence-electron chi connectivity index (χ1n) is 7.72. The summed E-state index contributed by atoms with van der Waals surface area (Å²) in [7, 11) is 2.12. The minimum absolute atomic E-state index is 0.107. The second kappa shape index (κ2) is 6.95. The van der Waals surface area contributed by atoms with Crippen LogP contribution >= 0.6 is 11.6 Å². The maximum absolute atomic E-state index is 13.9. The molecule has 2 heterocycles. The van der Waals surface area contributed by atoms with E-state index >= 15 is 0 Å². The Morgan fingerprint density at radius 1 is 1.39 bits per heavy atom. The molecule has 1 N–H and O–H groups in total. The number of benzene rings is 1. The van der Waals surface area contributed by atoms with Crippen molar-refractivity contribution in [3.63, 3.8) is 0 Å². The number of hydrogen-bond donors (Lipinski definition) is 1. The van der Waals surface area contributed by atoms with Gasteiger partial charge in [0.2, 0.25) is 5.89 Å². The third kappa shape index (κ3) is 3.88. The van der Waals surface area contributed by atoms with Gasteiger partial charge in [-0.1, -0.05) is 22.8 Å². The normalized spacial score (nSPS) is 18.3. The highest BCUT2D eigenvalue weighted by atomic mass is 35.5. The Labute approximate surface area is 139 Å². The zero-order valence-electron chi connectivity index (χ0n) is 13.2. The maximum atomic E-state index is 13.9. The molecule has 0 bridgehead atoms. The number of rotatable bonds is 4. The molecule has 1 aliphatic heterocycles. The molecular weight excluding hydrogens is 319 g/mol. The Bertz CT molecular complexity index is 670.